The van der Waals surface area contributed by atoms with Gasteiger partial charge in [-0.3, -0.25) is 10.1 Å². The Hall–Kier alpha value is -3.18. The largest absolute Gasteiger partial charge is 0.506 e. The number of aliphatic hydroxyl groups is 8. The molecule has 0 radical (unpaired) electrons. The molecular weight excluding hydrogens is 512 g/mol. The second-order valence-corrected chi connectivity index (χ2v) is 8.01. The minimum absolute atomic E-state index is 0.0239. The summed E-state index contributed by atoms with van der Waals surface area (Å²) in [5, 5.41) is 90.2. The van der Waals surface area contributed by atoms with Crippen LogP contribution < -0.4 is 10.5 Å². The van der Waals surface area contributed by atoms with Crippen molar-refractivity contribution in [1.82, 2.24) is 0 Å². The SMILES string of the molecule is NCCCCCO[C@H](O)/C(O)=C(\O)[C@@H](CCOc1ccc([N+](=O)[O-])cc1)O[C@H](O)/C(O)=C(\O)[C@@H](O)CCO. The zero-order chi connectivity index (χ0) is 28.7. The molecule has 0 aromatic heterocycles. The standard InChI is InChI=1S/C23H36N2O13/c24-10-2-1-3-12-37-22(32)21(31)19(29)17(38-23(33)20(30)18(28)16(27)8-11-26)9-13-36-15-6-4-14(5-7-15)25(34)35/h4-7,16-17,22-23,26-33H,1-3,8-13,24H2/b20-18+,21-19+/t16-,17+,22-,23-/m0/s1. The van der Waals surface area contributed by atoms with Crippen LogP contribution in [0.5, 0.6) is 5.75 Å². The molecule has 1 rings (SSSR count). The molecule has 0 aliphatic rings. The Morgan fingerprint density at radius 2 is 1.50 bits per heavy atom. The monoisotopic (exact) mass is 548 g/mol. The highest BCUT2D eigenvalue weighted by Crippen LogP contribution is 2.22. The fraction of sp³-hybridized carbons (Fsp3) is 0.565. The van der Waals surface area contributed by atoms with E-state index in [9.17, 15) is 45.9 Å². The van der Waals surface area contributed by atoms with Crippen LogP contribution in [0.3, 0.4) is 0 Å². The topological polar surface area (TPSA) is 259 Å². The second kappa shape index (κ2) is 17.4. The molecule has 0 bridgehead atoms. The summed E-state index contributed by atoms with van der Waals surface area (Å²) in [5.74, 6) is -4.16. The van der Waals surface area contributed by atoms with Crippen LogP contribution in [-0.2, 0) is 9.47 Å². The number of rotatable bonds is 19. The molecule has 1 aromatic carbocycles. The van der Waals surface area contributed by atoms with E-state index in [1.165, 1.54) is 24.3 Å². The Morgan fingerprint density at radius 1 is 0.868 bits per heavy atom. The number of nitrogens with zero attached hydrogens (tertiary/aromatic N) is 1. The maximum absolute atomic E-state index is 10.8. The van der Waals surface area contributed by atoms with Gasteiger partial charge in [-0.1, -0.05) is 0 Å². The number of hydrogen-bond donors (Lipinski definition) is 9. The second-order valence-electron chi connectivity index (χ2n) is 8.01. The summed E-state index contributed by atoms with van der Waals surface area (Å²) in [5.41, 5.74) is 5.22. The van der Waals surface area contributed by atoms with E-state index in [0.717, 1.165) is 6.42 Å². The first kappa shape index (κ1) is 32.8. The molecule has 0 saturated carbocycles. The van der Waals surface area contributed by atoms with E-state index in [2.05, 4.69) is 0 Å². The summed E-state index contributed by atoms with van der Waals surface area (Å²) in [6.45, 7) is -0.298. The third kappa shape index (κ3) is 11.1. The maximum atomic E-state index is 10.8. The molecule has 0 amide bonds. The minimum Gasteiger partial charge on any atom is -0.506 e. The van der Waals surface area contributed by atoms with E-state index in [1.54, 1.807) is 0 Å². The van der Waals surface area contributed by atoms with E-state index in [-0.39, 0.29) is 37.5 Å². The molecule has 0 fully saturated rings. The van der Waals surface area contributed by atoms with Gasteiger partial charge in [0, 0.05) is 31.6 Å². The number of aliphatic hydroxyl groups excluding tert-OH is 8. The molecule has 4 atom stereocenters. The predicted molar refractivity (Wildman–Crippen MR) is 131 cm³/mol. The van der Waals surface area contributed by atoms with Crippen LogP contribution in [0.15, 0.2) is 47.3 Å². The van der Waals surface area contributed by atoms with E-state index in [4.69, 9.17) is 25.1 Å². The number of hydrogen-bond acceptors (Lipinski definition) is 14. The molecule has 0 saturated heterocycles. The summed E-state index contributed by atoms with van der Waals surface area (Å²) >= 11 is 0. The zero-order valence-corrected chi connectivity index (χ0v) is 20.6. The van der Waals surface area contributed by atoms with Crippen LogP contribution in [0.2, 0.25) is 0 Å². The molecule has 1 aromatic rings. The van der Waals surface area contributed by atoms with Gasteiger partial charge in [0.1, 0.15) is 18.0 Å². The highest BCUT2D eigenvalue weighted by molar-refractivity contribution is 5.35. The van der Waals surface area contributed by atoms with Crippen molar-refractivity contribution in [2.75, 3.05) is 26.4 Å². The van der Waals surface area contributed by atoms with E-state index in [1.807, 2.05) is 0 Å². The third-order valence-electron chi connectivity index (χ3n) is 5.13. The first-order valence-corrected chi connectivity index (χ1v) is 11.8. The minimum atomic E-state index is -2.32. The van der Waals surface area contributed by atoms with Gasteiger partial charge in [0.2, 0.25) is 12.6 Å². The number of non-ortho nitro benzene ring substituents is 1. The van der Waals surface area contributed by atoms with Crippen molar-refractivity contribution in [3.8, 4) is 5.75 Å². The lowest BCUT2D eigenvalue weighted by molar-refractivity contribution is -0.384. The van der Waals surface area contributed by atoms with Crippen LogP contribution in [0.4, 0.5) is 5.69 Å². The Balaban J connectivity index is 3.01. The van der Waals surface area contributed by atoms with Gasteiger partial charge >= 0.3 is 0 Å². The van der Waals surface area contributed by atoms with Crippen molar-refractivity contribution in [3.05, 3.63) is 57.4 Å². The molecule has 38 heavy (non-hydrogen) atoms. The van der Waals surface area contributed by atoms with Crippen molar-refractivity contribution < 1.29 is 60.0 Å². The molecule has 15 nitrogen and oxygen atoms in total. The Kier molecular flexibility index (Phi) is 15.0. The van der Waals surface area contributed by atoms with Crippen LogP contribution in [-0.4, -0.2) is 96.9 Å². The predicted octanol–water partition coefficient (Wildman–Crippen LogP) is 0.930. The fourth-order valence-corrected chi connectivity index (χ4v) is 2.98. The highest BCUT2D eigenvalue weighted by atomic mass is 16.6. The quantitative estimate of drug-likeness (QED) is 0.0383. The van der Waals surface area contributed by atoms with Gasteiger partial charge in [0.25, 0.3) is 5.69 Å². The normalized spacial score (nSPS) is 16.1. The summed E-state index contributed by atoms with van der Waals surface area (Å²) in [4.78, 5) is 10.2. The number of unbranched alkanes of at least 4 members (excludes halogenated alkanes) is 2. The highest BCUT2D eigenvalue weighted by Gasteiger charge is 2.29. The van der Waals surface area contributed by atoms with E-state index in [0.29, 0.717) is 19.4 Å². The third-order valence-corrected chi connectivity index (χ3v) is 5.13. The average Bonchev–Trinajstić information content (AvgIpc) is 2.90. The van der Waals surface area contributed by atoms with E-state index < -0.39 is 59.4 Å². The Morgan fingerprint density at radius 3 is 2.08 bits per heavy atom. The summed E-state index contributed by atoms with van der Waals surface area (Å²) in [6, 6.07) is 5.02. The van der Waals surface area contributed by atoms with Gasteiger partial charge in [0.05, 0.1) is 18.1 Å². The number of nitrogens with two attached hydrogens (primary N) is 1. The Labute approximate surface area is 218 Å². The lowest BCUT2D eigenvalue weighted by Crippen LogP contribution is -2.31. The molecule has 15 heteroatoms. The first-order chi connectivity index (χ1) is 18.0. The van der Waals surface area contributed by atoms with Crippen molar-refractivity contribution in [2.45, 2.75) is 56.9 Å². The van der Waals surface area contributed by atoms with Gasteiger partial charge in [-0.05, 0) is 37.9 Å². The average molecular weight is 549 g/mol. The number of benzene rings is 1. The zero-order valence-electron chi connectivity index (χ0n) is 20.6. The fourth-order valence-electron chi connectivity index (χ4n) is 2.98. The van der Waals surface area contributed by atoms with Crippen LogP contribution in [0.25, 0.3) is 0 Å². The van der Waals surface area contributed by atoms with E-state index >= 15 is 0 Å². The number of nitro benzene ring substituents is 1. The number of ether oxygens (including phenoxy) is 3. The molecule has 0 aliphatic heterocycles. The molecule has 0 unspecified atom stereocenters. The van der Waals surface area contributed by atoms with Gasteiger partial charge < -0.3 is 60.8 Å². The van der Waals surface area contributed by atoms with Gasteiger partial charge in [-0.2, -0.15) is 0 Å². The summed E-state index contributed by atoms with van der Waals surface area (Å²) in [6.07, 6.45) is -6.40. The lowest BCUT2D eigenvalue weighted by Gasteiger charge is -2.23. The van der Waals surface area contributed by atoms with Gasteiger partial charge in [0.15, 0.2) is 23.0 Å². The van der Waals surface area contributed by atoms with Crippen molar-refractivity contribution in [1.29, 1.82) is 0 Å². The van der Waals surface area contributed by atoms with Crippen molar-refractivity contribution in [2.24, 2.45) is 5.73 Å². The van der Waals surface area contributed by atoms with Crippen LogP contribution >= 0.6 is 0 Å². The van der Waals surface area contributed by atoms with Crippen molar-refractivity contribution in [3.63, 3.8) is 0 Å². The Bertz CT molecular complexity index is 907. The van der Waals surface area contributed by atoms with Crippen LogP contribution in [0, 0.1) is 10.1 Å². The molecular formula is C23H36N2O13. The van der Waals surface area contributed by atoms with Crippen LogP contribution in [0.1, 0.15) is 32.1 Å². The molecule has 0 aliphatic carbocycles. The molecule has 216 valence electrons. The smallest absolute Gasteiger partial charge is 0.269 e. The first-order valence-electron chi connectivity index (χ1n) is 11.8. The van der Waals surface area contributed by atoms with Gasteiger partial charge in [-0.25, -0.2) is 0 Å². The van der Waals surface area contributed by atoms with Gasteiger partial charge in [-0.15, -0.1) is 0 Å². The number of nitro groups is 1. The summed E-state index contributed by atoms with van der Waals surface area (Å²) in [7, 11) is 0. The maximum Gasteiger partial charge on any atom is 0.269 e. The molecule has 10 N–H and O–H groups in total. The molecule has 0 spiro atoms. The lowest BCUT2D eigenvalue weighted by atomic mass is 10.1. The molecule has 0 heterocycles. The summed E-state index contributed by atoms with van der Waals surface area (Å²) < 4.78 is 15.6. The van der Waals surface area contributed by atoms with Crippen molar-refractivity contribution >= 4 is 5.69 Å².